The van der Waals surface area contributed by atoms with Crippen LogP contribution in [0.2, 0.25) is 0 Å². The number of nitrogens with zero attached hydrogens (tertiary/aromatic N) is 2. The van der Waals surface area contributed by atoms with Gasteiger partial charge in [-0.05, 0) is 37.3 Å². The van der Waals surface area contributed by atoms with Crippen LogP contribution in [0.15, 0.2) is 30.3 Å². The van der Waals surface area contributed by atoms with Crippen LogP contribution in [0, 0.1) is 11.8 Å². The van der Waals surface area contributed by atoms with Crippen LogP contribution in [0.1, 0.15) is 38.5 Å². The van der Waals surface area contributed by atoms with E-state index in [1.807, 2.05) is 11.9 Å². The number of hydrogen-bond acceptors (Lipinski definition) is 2. The van der Waals surface area contributed by atoms with Gasteiger partial charge in [0.05, 0.1) is 0 Å². The Morgan fingerprint density at radius 2 is 1.86 bits per heavy atom. The van der Waals surface area contributed by atoms with Crippen LogP contribution >= 0.6 is 0 Å². The molecule has 1 aromatic carbocycles. The van der Waals surface area contributed by atoms with Crippen LogP contribution in [0.4, 0.5) is 5.69 Å². The summed E-state index contributed by atoms with van der Waals surface area (Å²) in [5.41, 5.74) is 1.31. The van der Waals surface area contributed by atoms with Crippen molar-refractivity contribution >= 4 is 11.6 Å². The highest BCUT2D eigenvalue weighted by Crippen LogP contribution is 2.27. The van der Waals surface area contributed by atoms with Crippen molar-refractivity contribution in [2.45, 2.75) is 38.5 Å². The molecule has 3 nitrogen and oxygen atoms in total. The van der Waals surface area contributed by atoms with E-state index in [0.717, 1.165) is 32.5 Å². The van der Waals surface area contributed by atoms with Gasteiger partial charge in [0.1, 0.15) is 0 Å². The fraction of sp³-hybridized carbons (Fsp3) is 0.632. The van der Waals surface area contributed by atoms with Gasteiger partial charge in [0.2, 0.25) is 5.91 Å². The zero-order valence-electron chi connectivity index (χ0n) is 13.7. The molecule has 1 atom stereocenters. The van der Waals surface area contributed by atoms with Crippen molar-refractivity contribution in [3.63, 3.8) is 0 Å². The van der Waals surface area contributed by atoms with E-state index in [1.165, 1.54) is 31.4 Å². The van der Waals surface area contributed by atoms with Crippen LogP contribution < -0.4 is 4.90 Å². The highest BCUT2D eigenvalue weighted by molar-refractivity contribution is 5.78. The quantitative estimate of drug-likeness (QED) is 0.849. The predicted octanol–water partition coefficient (Wildman–Crippen LogP) is 3.55. The Labute approximate surface area is 134 Å². The first-order valence-corrected chi connectivity index (χ1v) is 8.79. The molecule has 22 heavy (non-hydrogen) atoms. The molecule has 1 amide bonds. The van der Waals surface area contributed by atoms with Crippen LogP contribution in [-0.2, 0) is 4.79 Å². The van der Waals surface area contributed by atoms with Crippen molar-refractivity contribution < 1.29 is 4.79 Å². The summed E-state index contributed by atoms with van der Waals surface area (Å²) in [6.07, 6.45) is 7.16. The highest BCUT2D eigenvalue weighted by Gasteiger charge is 2.28. The van der Waals surface area contributed by atoms with Crippen molar-refractivity contribution in [2.75, 3.05) is 31.6 Å². The van der Waals surface area contributed by atoms with Crippen LogP contribution in [0.3, 0.4) is 0 Å². The first kappa shape index (κ1) is 15.4. The Bertz CT molecular complexity index is 481. The summed E-state index contributed by atoms with van der Waals surface area (Å²) >= 11 is 0. The Balaban J connectivity index is 1.50. The molecule has 3 heteroatoms. The average molecular weight is 300 g/mol. The molecular weight excluding hydrogens is 272 g/mol. The van der Waals surface area contributed by atoms with E-state index < -0.39 is 0 Å². The standard InChI is InChI=1S/C19H28N2O/c1-20(19(22)17-8-4-2-5-9-17)14-16-12-13-21(15-16)18-10-6-3-7-11-18/h3,6-7,10-11,16-17H,2,4-5,8-9,12-15H2,1H3/t16-/m0/s1. The molecule has 2 fully saturated rings. The maximum Gasteiger partial charge on any atom is 0.225 e. The van der Waals surface area contributed by atoms with Gasteiger partial charge in [-0.3, -0.25) is 4.79 Å². The van der Waals surface area contributed by atoms with E-state index >= 15 is 0 Å². The summed E-state index contributed by atoms with van der Waals surface area (Å²) < 4.78 is 0. The molecule has 1 aliphatic heterocycles. The third-order valence-electron chi connectivity index (χ3n) is 5.27. The average Bonchev–Trinajstić information content (AvgIpc) is 3.04. The first-order chi connectivity index (χ1) is 10.7. The molecule has 3 rings (SSSR count). The van der Waals surface area contributed by atoms with Gasteiger partial charge < -0.3 is 9.80 Å². The fourth-order valence-corrected chi connectivity index (χ4v) is 3.99. The monoisotopic (exact) mass is 300 g/mol. The molecule has 0 N–H and O–H groups in total. The third-order valence-corrected chi connectivity index (χ3v) is 5.27. The molecule has 120 valence electrons. The maximum atomic E-state index is 12.5. The van der Waals surface area contributed by atoms with Crippen LogP contribution in [0.25, 0.3) is 0 Å². The number of carbonyl (C=O) groups excluding carboxylic acids is 1. The minimum absolute atomic E-state index is 0.297. The molecule has 0 unspecified atom stereocenters. The van der Waals surface area contributed by atoms with Gasteiger partial charge in [0, 0.05) is 38.3 Å². The van der Waals surface area contributed by atoms with Gasteiger partial charge in [-0.2, -0.15) is 0 Å². The van der Waals surface area contributed by atoms with Crippen LogP contribution in [-0.4, -0.2) is 37.5 Å². The second-order valence-corrected chi connectivity index (χ2v) is 6.99. The molecule has 1 aromatic rings. The molecule has 0 aromatic heterocycles. The largest absolute Gasteiger partial charge is 0.371 e. The fourth-order valence-electron chi connectivity index (χ4n) is 3.99. The third kappa shape index (κ3) is 3.63. The molecule has 0 bridgehead atoms. The van der Waals surface area contributed by atoms with Crippen molar-refractivity contribution in [2.24, 2.45) is 11.8 Å². The lowest BCUT2D eigenvalue weighted by Crippen LogP contribution is -2.37. The molecule has 1 aliphatic carbocycles. The lowest BCUT2D eigenvalue weighted by molar-refractivity contribution is -0.135. The van der Waals surface area contributed by atoms with Gasteiger partial charge in [-0.25, -0.2) is 0 Å². The Kier molecular flexibility index (Phi) is 5.01. The van der Waals surface area contributed by atoms with E-state index in [0.29, 0.717) is 17.7 Å². The minimum Gasteiger partial charge on any atom is -0.371 e. The van der Waals surface area contributed by atoms with Crippen molar-refractivity contribution in [3.8, 4) is 0 Å². The summed E-state index contributed by atoms with van der Waals surface area (Å²) in [5, 5.41) is 0. The van der Waals surface area contributed by atoms with E-state index in [1.54, 1.807) is 0 Å². The zero-order valence-corrected chi connectivity index (χ0v) is 13.7. The van der Waals surface area contributed by atoms with Gasteiger partial charge in [0.15, 0.2) is 0 Å². The van der Waals surface area contributed by atoms with E-state index in [2.05, 4.69) is 35.2 Å². The molecule has 2 aliphatic rings. The second-order valence-electron chi connectivity index (χ2n) is 6.99. The SMILES string of the molecule is CN(C[C@@H]1CCN(c2ccccc2)C1)C(=O)C1CCCCC1. The van der Waals surface area contributed by atoms with Crippen molar-refractivity contribution in [3.05, 3.63) is 30.3 Å². The van der Waals surface area contributed by atoms with Crippen molar-refractivity contribution in [1.29, 1.82) is 0 Å². The van der Waals surface area contributed by atoms with Crippen molar-refractivity contribution in [1.82, 2.24) is 4.90 Å². The predicted molar refractivity (Wildman–Crippen MR) is 91.0 cm³/mol. The number of anilines is 1. The minimum atomic E-state index is 0.297. The molecule has 1 saturated carbocycles. The number of amides is 1. The van der Waals surface area contributed by atoms with Gasteiger partial charge in [-0.1, -0.05) is 37.5 Å². The summed E-state index contributed by atoms with van der Waals surface area (Å²) in [6, 6.07) is 10.6. The number of benzene rings is 1. The van der Waals surface area contributed by atoms with Gasteiger partial charge in [-0.15, -0.1) is 0 Å². The topological polar surface area (TPSA) is 23.6 Å². The molecule has 1 saturated heterocycles. The number of hydrogen-bond donors (Lipinski definition) is 0. The lowest BCUT2D eigenvalue weighted by Gasteiger charge is -2.28. The van der Waals surface area contributed by atoms with E-state index in [4.69, 9.17) is 0 Å². The number of rotatable bonds is 4. The Morgan fingerprint density at radius 3 is 2.59 bits per heavy atom. The van der Waals surface area contributed by atoms with E-state index in [-0.39, 0.29) is 0 Å². The van der Waals surface area contributed by atoms with Gasteiger partial charge >= 0.3 is 0 Å². The summed E-state index contributed by atoms with van der Waals surface area (Å²) in [7, 11) is 2.00. The Hall–Kier alpha value is -1.51. The lowest BCUT2D eigenvalue weighted by atomic mass is 9.88. The number of para-hydroxylation sites is 1. The molecular formula is C19H28N2O. The van der Waals surface area contributed by atoms with Gasteiger partial charge in [0.25, 0.3) is 0 Å². The molecule has 0 spiro atoms. The molecule has 1 heterocycles. The zero-order chi connectivity index (χ0) is 15.4. The maximum absolute atomic E-state index is 12.5. The normalized spacial score (nSPS) is 22.8. The summed E-state index contributed by atoms with van der Waals surface area (Å²) in [5.74, 6) is 1.29. The smallest absolute Gasteiger partial charge is 0.225 e. The first-order valence-electron chi connectivity index (χ1n) is 8.79. The van der Waals surface area contributed by atoms with E-state index in [9.17, 15) is 4.79 Å². The summed E-state index contributed by atoms with van der Waals surface area (Å²) in [6.45, 7) is 3.10. The number of carbonyl (C=O) groups is 1. The summed E-state index contributed by atoms with van der Waals surface area (Å²) in [4.78, 5) is 17.0. The second kappa shape index (κ2) is 7.17. The van der Waals surface area contributed by atoms with Crippen LogP contribution in [0.5, 0.6) is 0 Å². The highest BCUT2D eigenvalue weighted by atomic mass is 16.2. The Morgan fingerprint density at radius 1 is 1.14 bits per heavy atom. The molecule has 0 radical (unpaired) electrons.